The molecule has 3 rings (SSSR count). The van der Waals surface area contributed by atoms with Crippen LogP contribution in [0, 0.1) is 0 Å². The van der Waals surface area contributed by atoms with Gasteiger partial charge < -0.3 is 0 Å². The normalized spacial score (nSPS) is 14.5. The van der Waals surface area contributed by atoms with Crippen LogP contribution in [-0.4, -0.2) is 30.9 Å². The molecule has 1 aliphatic heterocycles. The first-order valence-corrected chi connectivity index (χ1v) is 8.12. The van der Waals surface area contributed by atoms with Gasteiger partial charge in [0.1, 0.15) is 0 Å². The van der Waals surface area contributed by atoms with Crippen LogP contribution in [0.2, 0.25) is 0 Å². The number of allylic oxidation sites excluding steroid dienone is 1. The lowest BCUT2D eigenvalue weighted by atomic mass is 10.3. The second-order valence-electron chi connectivity index (χ2n) is 5.95. The third kappa shape index (κ3) is 2.38. The van der Waals surface area contributed by atoms with Crippen molar-refractivity contribution >= 4 is 22.8 Å². The van der Waals surface area contributed by atoms with Crippen LogP contribution < -0.4 is 16.3 Å². The van der Waals surface area contributed by atoms with E-state index in [-0.39, 0.29) is 11.2 Å². The Morgan fingerprint density at radius 3 is 2.71 bits per heavy atom. The average molecular weight is 330 g/mol. The Morgan fingerprint density at radius 1 is 1.29 bits per heavy atom. The number of aromatic nitrogens is 4. The largest absolute Gasteiger partial charge is 0.332 e. The number of hydrogen-bond acceptors (Lipinski definition) is 5. The highest BCUT2D eigenvalue weighted by Gasteiger charge is 2.25. The summed E-state index contributed by atoms with van der Waals surface area (Å²) in [6.45, 7) is 7.27. The Bertz CT molecular complexity index is 960. The molecule has 1 aliphatic rings. The highest BCUT2D eigenvalue weighted by Crippen LogP contribution is 2.23. The van der Waals surface area contributed by atoms with Crippen molar-refractivity contribution < 1.29 is 0 Å². The van der Waals surface area contributed by atoms with Gasteiger partial charge in [-0.3, -0.25) is 18.5 Å². The summed E-state index contributed by atoms with van der Waals surface area (Å²) in [5.74, 6) is 0.593. The molecule has 0 aliphatic carbocycles. The molecule has 0 aromatic carbocycles. The second kappa shape index (κ2) is 6.10. The van der Waals surface area contributed by atoms with E-state index in [9.17, 15) is 9.59 Å². The van der Waals surface area contributed by atoms with Crippen LogP contribution in [0.25, 0.3) is 11.2 Å². The Balaban J connectivity index is 2.32. The van der Waals surface area contributed by atoms with Crippen molar-refractivity contribution in [1.29, 1.82) is 0 Å². The van der Waals surface area contributed by atoms with Gasteiger partial charge in [0.15, 0.2) is 11.2 Å². The first kappa shape index (κ1) is 16.2. The van der Waals surface area contributed by atoms with E-state index in [1.165, 1.54) is 9.13 Å². The minimum atomic E-state index is -0.331. The molecule has 0 saturated carbocycles. The number of nitrogens with zero attached hydrogens (tertiary/aromatic N) is 6. The molecule has 0 unspecified atom stereocenters. The number of rotatable bonds is 4. The number of hydrogen-bond donors (Lipinski definition) is 0. The lowest BCUT2D eigenvalue weighted by molar-refractivity contribution is 0.591. The zero-order chi connectivity index (χ0) is 17.4. The summed E-state index contributed by atoms with van der Waals surface area (Å²) in [7, 11) is 1.65. The maximum Gasteiger partial charge on any atom is 0.332 e. The highest BCUT2D eigenvalue weighted by atomic mass is 16.2. The van der Waals surface area contributed by atoms with E-state index in [2.05, 4.69) is 10.1 Å². The fourth-order valence-corrected chi connectivity index (χ4v) is 2.97. The van der Waals surface area contributed by atoms with Crippen LogP contribution in [0.15, 0.2) is 26.8 Å². The molecule has 2 aromatic rings. The van der Waals surface area contributed by atoms with E-state index in [0.29, 0.717) is 36.7 Å². The van der Waals surface area contributed by atoms with E-state index < -0.39 is 0 Å². The van der Waals surface area contributed by atoms with Crippen molar-refractivity contribution in [2.75, 3.05) is 11.6 Å². The lowest BCUT2D eigenvalue weighted by Gasteiger charge is -2.23. The summed E-state index contributed by atoms with van der Waals surface area (Å²) in [5, 5.41) is 6.27. The van der Waals surface area contributed by atoms with Gasteiger partial charge in [-0.2, -0.15) is 10.1 Å². The Hall–Kier alpha value is -2.64. The zero-order valence-electron chi connectivity index (χ0n) is 14.5. The summed E-state index contributed by atoms with van der Waals surface area (Å²) in [6.07, 6.45) is 4.63. The molecular formula is C16H22N6O2. The first-order valence-electron chi connectivity index (χ1n) is 8.12. The molecule has 0 fully saturated rings. The minimum absolute atomic E-state index is 0.283. The Morgan fingerprint density at radius 2 is 2.04 bits per heavy atom. The molecule has 8 heteroatoms. The van der Waals surface area contributed by atoms with Crippen LogP contribution in [0.3, 0.4) is 0 Å². The number of hydrazone groups is 1. The standard InChI is InChI=1S/C16H22N6O2/c1-5-7-9-22-15-17-13-12(21(15)10-11(3)18-22)14(23)20(8-6-2)16(24)19(13)4/h5,7H,6,8-10H2,1-4H3. The second-order valence-corrected chi connectivity index (χ2v) is 5.95. The van der Waals surface area contributed by atoms with Gasteiger partial charge >= 0.3 is 5.69 Å². The summed E-state index contributed by atoms with van der Waals surface area (Å²) in [4.78, 5) is 29.9. The van der Waals surface area contributed by atoms with Gasteiger partial charge in [0.25, 0.3) is 5.56 Å². The van der Waals surface area contributed by atoms with E-state index >= 15 is 0 Å². The van der Waals surface area contributed by atoms with E-state index in [1.54, 1.807) is 12.1 Å². The van der Waals surface area contributed by atoms with Crippen LogP contribution in [0.4, 0.5) is 5.95 Å². The molecule has 3 heterocycles. The van der Waals surface area contributed by atoms with Crippen LogP contribution in [0.1, 0.15) is 27.2 Å². The topological polar surface area (TPSA) is 77.4 Å². The molecule has 0 amide bonds. The van der Waals surface area contributed by atoms with E-state index in [4.69, 9.17) is 0 Å². The molecule has 8 nitrogen and oxygen atoms in total. The smallest absolute Gasteiger partial charge is 0.297 e. The SMILES string of the molecule is CC=CCN1N=C(C)Cn2c1nc1c2c(=O)n(CCC)c(=O)n1C. The van der Waals surface area contributed by atoms with Crippen LogP contribution in [-0.2, 0) is 20.1 Å². The van der Waals surface area contributed by atoms with Crippen molar-refractivity contribution in [3.05, 3.63) is 33.0 Å². The average Bonchev–Trinajstić information content (AvgIpc) is 2.94. The monoisotopic (exact) mass is 330 g/mol. The van der Waals surface area contributed by atoms with E-state index in [1.807, 2.05) is 37.5 Å². The molecule has 0 atom stereocenters. The minimum Gasteiger partial charge on any atom is -0.297 e. The lowest BCUT2D eigenvalue weighted by Crippen LogP contribution is -2.40. The van der Waals surface area contributed by atoms with Gasteiger partial charge in [-0.15, -0.1) is 0 Å². The van der Waals surface area contributed by atoms with Gasteiger partial charge in [0.2, 0.25) is 5.95 Å². The molecule has 0 spiro atoms. The Labute approximate surface area is 139 Å². The summed E-state index contributed by atoms with van der Waals surface area (Å²) in [6, 6.07) is 0. The maximum atomic E-state index is 12.9. The van der Waals surface area contributed by atoms with Crippen molar-refractivity contribution in [3.63, 3.8) is 0 Å². The van der Waals surface area contributed by atoms with Crippen molar-refractivity contribution in [3.8, 4) is 0 Å². The van der Waals surface area contributed by atoms with Gasteiger partial charge in [-0.25, -0.2) is 9.80 Å². The molecule has 0 radical (unpaired) electrons. The number of fused-ring (bicyclic) bond motifs is 3. The summed E-state index contributed by atoms with van der Waals surface area (Å²) >= 11 is 0. The summed E-state index contributed by atoms with van der Waals surface area (Å²) in [5.41, 5.74) is 1.14. The maximum absolute atomic E-state index is 12.9. The third-order valence-electron chi connectivity index (χ3n) is 4.08. The number of anilines is 1. The van der Waals surface area contributed by atoms with Crippen molar-refractivity contribution in [1.82, 2.24) is 18.7 Å². The molecule has 0 N–H and O–H groups in total. The van der Waals surface area contributed by atoms with Gasteiger partial charge in [0, 0.05) is 13.6 Å². The molecule has 2 aromatic heterocycles. The van der Waals surface area contributed by atoms with Crippen LogP contribution >= 0.6 is 0 Å². The predicted molar refractivity (Wildman–Crippen MR) is 94.8 cm³/mol. The molecule has 0 bridgehead atoms. The fraction of sp³-hybridized carbons (Fsp3) is 0.500. The van der Waals surface area contributed by atoms with Crippen molar-refractivity contribution in [2.24, 2.45) is 12.1 Å². The highest BCUT2D eigenvalue weighted by molar-refractivity contribution is 5.87. The van der Waals surface area contributed by atoms with Crippen LogP contribution in [0.5, 0.6) is 0 Å². The fourth-order valence-electron chi connectivity index (χ4n) is 2.97. The van der Waals surface area contributed by atoms with Gasteiger partial charge in [0.05, 0.1) is 18.8 Å². The molecule has 0 saturated heterocycles. The quantitative estimate of drug-likeness (QED) is 0.786. The van der Waals surface area contributed by atoms with Gasteiger partial charge in [-0.1, -0.05) is 19.1 Å². The number of aryl methyl sites for hydroxylation is 1. The first-order chi connectivity index (χ1) is 11.5. The van der Waals surface area contributed by atoms with Gasteiger partial charge in [-0.05, 0) is 20.3 Å². The Kier molecular flexibility index (Phi) is 4.13. The third-order valence-corrected chi connectivity index (χ3v) is 4.08. The predicted octanol–water partition coefficient (Wildman–Crippen LogP) is 1.08. The molecule has 128 valence electrons. The van der Waals surface area contributed by atoms with E-state index in [0.717, 1.165) is 12.1 Å². The summed E-state index contributed by atoms with van der Waals surface area (Å²) < 4.78 is 4.59. The molecule has 24 heavy (non-hydrogen) atoms. The molecular weight excluding hydrogens is 308 g/mol. The zero-order valence-corrected chi connectivity index (χ0v) is 14.5. The van der Waals surface area contributed by atoms with Crippen molar-refractivity contribution in [2.45, 2.75) is 40.3 Å². The number of imidazole rings is 1.